The van der Waals surface area contributed by atoms with Gasteiger partial charge < -0.3 is 9.84 Å². The fourth-order valence-corrected chi connectivity index (χ4v) is 2.09. The Morgan fingerprint density at radius 1 is 1.53 bits per heavy atom. The van der Waals surface area contributed by atoms with Crippen molar-refractivity contribution in [1.82, 2.24) is 0 Å². The Hall–Kier alpha value is -1.05. The van der Waals surface area contributed by atoms with Gasteiger partial charge in [0.05, 0.1) is 24.3 Å². The average molecular weight is 268 g/mol. The Morgan fingerprint density at radius 2 is 2.33 bits per heavy atom. The summed E-state index contributed by atoms with van der Waals surface area (Å²) in [4.78, 5) is -0.0207. The Labute approximate surface area is 96.4 Å². The van der Waals surface area contributed by atoms with Gasteiger partial charge in [-0.15, -0.1) is 0 Å². The van der Waals surface area contributed by atoms with Crippen LogP contribution in [-0.4, -0.2) is 16.5 Å². The van der Waals surface area contributed by atoms with E-state index in [-0.39, 0.29) is 4.83 Å². The number of halogens is 1. The second-order valence-corrected chi connectivity index (χ2v) is 4.64. The van der Waals surface area contributed by atoms with Gasteiger partial charge in [0.25, 0.3) is 0 Å². The molecule has 0 saturated carbocycles. The molecule has 0 aliphatic carbocycles. The summed E-state index contributed by atoms with van der Waals surface area (Å²) < 4.78 is 5.49. The third-order valence-corrected chi connectivity index (χ3v) is 3.41. The molecule has 15 heavy (non-hydrogen) atoms. The van der Waals surface area contributed by atoms with Gasteiger partial charge in [0.2, 0.25) is 0 Å². The SMILES string of the molecule is N#Cc1ccc2c(c1)[C@H](O)[C@@H](Br)CCO2. The van der Waals surface area contributed by atoms with E-state index in [2.05, 4.69) is 22.0 Å². The maximum Gasteiger partial charge on any atom is 0.125 e. The molecule has 1 aliphatic heterocycles. The lowest BCUT2D eigenvalue weighted by molar-refractivity contribution is 0.176. The van der Waals surface area contributed by atoms with Crippen LogP contribution in [0.3, 0.4) is 0 Å². The summed E-state index contributed by atoms with van der Waals surface area (Å²) in [5.41, 5.74) is 1.23. The van der Waals surface area contributed by atoms with Crippen molar-refractivity contribution in [1.29, 1.82) is 5.26 Å². The number of hydrogen-bond donors (Lipinski definition) is 1. The zero-order valence-corrected chi connectivity index (χ0v) is 9.57. The van der Waals surface area contributed by atoms with Crippen molar-refractivity contribution in [2.75, 3.05) is 6.61 Å². The zero-order valence-electron chi connectivity index (χ0n) is 7.98. The van der Waals surface area contributed by atoms with Crippen LogP contribution in [-0.2, 0) is 0 Å². The van der Waals surface area contributed by atoms with E-state index in [1.54, 1.807) is 18.2 Å². The van der Waals surface area contributed by atoms with E-state index >= 15 is 0 Å². The van der Waals surface area contributed by atoms with Crippen LogP contribution < -0.4 is 4.74 Å². The highest BCUT2D eigenvalue weighted by Gasteiger charge is 2.25. The van der Waals surface area contributed by atoms with Gasteiger partial charge in [0.15, 0.2) is 0 Å². The Balaban J connectivity index is 2.47. The van der Waals surface area contributed by atoms with Crippen LogP contribution in [0.25, 0.3) is 0 Å². The minimum Gasteiger partial charge on any atom is -0.493 e. The van der Waals surface area contributed by atoms with Gasteiger partial charge in [-0.05, 0) is 24.6 Å². The molecule has 0 unspecified atom stereocenters. The summed E-state index contributed by atoms with van der Waals surface area (Å²) in [5.74, 6) is 0.670. The Kier molecular flexibility index (Phi) is 2.94. The minimum atomic E-state index is -0.615. The van der Waals surface area contributed by atoms with Crippen LogP contribution >= 0.6 is 15.9 Å². The van der Waals surface area contributed by atoms with E-state index in [0.29, 0.717) is 23.5 Å². The molecule has 4 heteroatoms. The molecule has 0 spiro atoms. The van der Waals surface area contributed by atoms with Crippen LogP contribution in [0.15, 0.2) is 18.2 Å². The molecule has 2 atom stereocenters. The topological polar surface area (TPSA) is 53.2 Å². The van der Waals surface area contributed by atoms with Crippen molar-refractivity contribution in [3.8, 4) is 11.8 Å². The third-order valence-electron chi connectivity index (χ3n) is 2.45. The van der Waals surface area contributed by atoms with Gasteiger partial charge in [-0.25, -0.2) is 0 Å². The zero-order chi connectivity index (χ0) is 10.8. The lowest BCUT2D eigenvalue weighted by atomic mass is 10.0. The number of aliphatic hydroxyl groups excluding tert-OH is 1. The monoisotopic (exact) mass is 267 g/mol. The highest BCUT2D eigenvalue weighted by Crippen LogP contribution is 2.35. The molecule has 0 radical (unpaired) electrons. The Bertz CT molecular complexity index is 414. The molecule has 1 N–H and O–H groups in total. The highest BCUT2D eigenvalue weighted by atomic mass is 79.9. The van der Waals surface area contributed by atoms with Crippen molar-refractivity contribution in [2.24, 2.45) is 0 Å². The second-order valence-electron chi connectivity index (χ2n) is 3.46. The van der Waals surface area contributed by atoms with Crippen molar-refractivity contribution >= 4 is 15.9 Å². The van der Waals surface area contributed by atoms with Crippen LogP contribution in [0.5, 0.6) is 5.75 Å². The smallest absolute Gasteiger partial charge is 0.125 e. The summed E-state index contributed by atoms with van der Waals surface area (Å²) in [7, 11) is 0. The van der Waals surface area contributed by atoms with E-state index in [0.717, 1.165) is 6.42 Å². The molecule has 1 aliphatic rings. The van der Waals surface area contributed by atoms with Crippen LogP contribution in [0.1, 0.15) is 23.7 Å². The van der Waals surface area contributed by atoms with Crippen LogP contribution in [0.2, 0.25) is 0 Å². The summed E-state index contributed by atoms with van der Waals surface area (Å²) in [6, 6.07) is 7.16. The van der Waals surface area contributed by atoms with Crippen LogP contribution in [0.4, 0.5) is 0 Å². The number of nitrogens with zero attached hydrogens (tertiary/aromatic N) is 1. The van der Waals surface area contributed by atoms with Crippen molar-refractivity contribution in [2.45, 2.75) is 17.4 Å². The molecule has 0 amide bonds. The second kappa shape index (κ2) is 4.21. The van der Waals surface area contributed by atoms with Crippen molar-refractivity contribution in [3.05, 3.63) is 29.3 Å². The molecule has 3 nitrogen and oxygen atoms in total. The molecular formula is C11H10BrNO2. The maximum atomic E-state index is 9.99. The first-order valence-corrected chi connectivity index (χ1v) is 5.63. The van der Waals surface area contributed by atoms with Gasteiger partial charge in [-0.2, -0.15) is 5.26 Å². The number of aliphatic hydroxyl groups is 1. The first kappa shape index (κ1) is 10.5. The summed E-state index contributed by atoms with van der Waals surface area (Å²) in [6.45, 7) is 0.575. The predicted molar refractivity (Wildman–Crippen MR) is 58.9 cm³/mol. The van der Waals surface area contributed by atoms with Gasteiger partial charge in [-0.3, -0.25) is 0 Å². The number of ether oxygens (including phenoxy) is 1. The molecule has 1 aromatic rings. The maximum absolute atomic E-state index is 9.99. The first-order valence-electron chi connectivity index (χ1n) is 4.71. The third kappa shape index (κ3) is 1.99. The molecule has 2 rings (SSSR count). The minimum absolute atomic E-state index is 0.0207. The van der Waals surface area contributed by atoms with E-state index in [4.69, 9.17) is 10.00 Å². The average Bonchev–Trinajstić information content (AvgIpc) is 2.40. The van der Waals surface area contributed by atoms with E-state index in [1.807, 2.05) is 0 Å². The molecular weight excluding hydrogens is 258 g/mol. The van der Waals surface area contributed by atoms with Crippen molar-refractivity contribution < 1.29 is 9.84 Å². The number of benzene rings is 1. The molecule has 0 aromatic heterocycles. The standard InChI is InChI=1S/C11H10BrNO2/c12-9-3-4-15-10-2-1-7(6-13)5-8(10)11(9)14/h1-2,5,9,11,14H,3-4H2/t9-,11-/m0/s1. The number of rotatable bonds is 0. The number of nitriles is 1. The van der Waals surface area contributed by atoms with Gasteiger partial charge in [-0.1, -0.05) is 15.9 Å². The van der Waals surface area contributed by atoms with Gasteiger partial charge >= 0.3 is 0 Å². The quantitative estimate of drug-likeness (QED) is 0.733. The van der Waals surface area contributed by atoms with Crippen molar-refractivity contribution in [3.63, 3.8) is 0 Å². The van der Waals surface area contributed by atoms with E-state index in [9.17, 15) is 5.11 Å². The lowest BCUT2D eigenvalue weighted by Gasteiger charge is -2.14. The first-order chi connectivity index (χ1) is 7.22. The predicted octanol–water partition coefficient (Wildman–Crippen LogP) is 2.14. The fraction of sp³-hybridized carbons (Fsp3) is 0.364. The fourth-order valence-electron chi connectivity index (χ4n) is 1.61. The van der Waals surface area contributed by atoms with E-state index < -0.39 is 6.10 Å². The van der Waals surface area contributed by atoms with Gasteiger partial charge in [0.1, 0.15) is 5.75 Å². The lowest BCUT2D eigenvalue weighted by Crippen LogP contribution is -2.10. The summed E-state index contributed by atoms with van der Waals surface area (Å²) >= 11 is 3.41. The molecule has 1 heterocycles. The molecule has 0 bridgehead atoms. The Morgan fingerprint density at radius 3 is 3.07 bits per heavy atom. The van der Waals surface area contributed by atoms with E-state index in [1.165, 1.54) is 0 Å². The molecule has 78 valence electrons. The number of fused-ring (bicyclic) bond motifs is 1. The largest absolute Gasteiger partial charge is 0.493 e. The van der Waals surface area contributed by atoms with Crippen LogP contribution in [0, 0.1) is 11.3 Å². The summed E-state index contributed by atoms with van der Waals surface area (Å²) in [6.07, 6.45) is 0.133. The normalized spacial score (nSPS) is 24.6. The number of hydrogen-bond acceptors (Lipinski definition) is 3. The molecule has 1 aromatic carbocycles. The molecule has 0 saturated heterocycles. The van der Waals surface area contributed by atoms with Gasteiger partial charge in [0, 0.05) is 10.4 Å². The molecule has 0 fully saturated rings. The summed E-state index contributed by atoms with van der Waals surface area (Å²) in [5, 5.41) is 18.8. The number of alkyl halides is 1. The highest BCUT2D eigenvalue weighted by molar-refractivity contribution is 9.09.